The third-order valence-corrected chi connectivity index (χ3v) is 10.6. The Morgan fingerprint density at radius 3 is 2.62 bits per heavy atom. The van der Waals surface area contributed by atoms with Crippen molar-refractivity contribution in [2.75, 3.05) is 0 Å². The van der Waals surface area contributed by atoms with Crippen LogP contribution in [0.25, 0.3) is 10.8 Å². The lowest BCUT2D eigenvalue weighted by Gasteiger charge is -2.58. The number of pyridine rings is 1. The van der Waals surface area contributed by atoms with Crippen LogP contribution in [0.4, 0.5) is 0 Å². The van der Waals surface area contributed by atoms with Crippen molar-refractivity contribution in [2.45, 2.75) is 104 Å². The molecule has 0 aliphatic heterocycles. The Morgan fingerprint density at radius 2 is 1.79 bits per heavy atom. The van der Waals surface area contributed by atoms with Crippen LogP contribution in [0.2, 0.25) is 0 Å². The van der Waals surface area contributed by atoms with Crippen LogP contribution >= 0.6 is 0 Å². The summed E-state index contributed by atoms with van der Waals surface area (Å²) < 4.78 is 6.44. The van der Waals surface area contributed by atoms with Gasteiger partial charge in [0.2, 0.25) is 0 Å². The summed E-state index contributed by atoms with van der Waals surface area (Å²) in [5.41, 5.74) is 4.10. The van der Waals surface area contributed by atoms with E-state index in [9.17, 15) is 0 Å². The molecule has 3 saturated carbocycles. The first-order valence-corrected chi connectivity index (χ1v) is 13.9. The molecule has 0 saturated heterocycles. The normalized spacial score (nSPS) is 39.8. The van der Waals surface area contributed by atoms with Crippen molar-refractivity contribution in [2.24, 2.45) is 28.6 Å². The van der Waals surface area contributed by atoms with Gasteiger partial charge in [-0.25, -0.2) is 0 Å². The summed E-state index contributed by atoms with van der Waals surface area (Å²) in [5.74, 6) is 3.29. The topological polar surface area (TPSA) is 22.1 Å². The van der Waals surface area contributed by atoms with E-state index >= 15 is 0 Å². The van der Waals surface area contributed by atoms with Crippen LogP contribution in [-0.2, 0) is 4.74 Å². The van der Waals surface area contributed by atoms with E-state index in [1.807, 2.05) is 12.4 Å². The van der Waals surface area contributed by atoms with E-state index < -0.39 is 0 Å². The molecule has 0 bridgehead atoms. The fraction of sp³-hybridized carbons (Fsp3) is 0.656. The molecule has 4 aliphatic rings. The van der Waals surface area contributed by atoms with Gasteiger partial charge in [-0.05, 0) is 124 Å². The molecule has 2 nitrogen and oxygen atoms in total. The molecule has 0 spiro atoms. The molecule has 0 N–H and O–H groups in total. The van der Waals surface area contributed by atoms with Gasteiger partial charge in [-0.15, -0.1) is 0 Å². The Balaban J connectivity index is 1.26. The molecule has 2 heteroatoms. The van der Waals surface area contributed by atoms with Crippen molar-refractivity contribution in [1.29, 1.82) is 0 Å². The van der Waals surface area contributed by atoms with Gasteiger partial charge in [0.15, 0.2) is 0 Å². The minimum Gasteiger partial charge on any atom is -0.372 e. The summed E-state index contributed by atoms with van der Waals surface area (Å²) in [6.45, 7) is 11.9. The highest BCUT2D eigenvalue weighted by molar-refractivity contribution is 5.82. The summed E-state index contributed by atoms with van der Waals surface area (Å²) in [6, 6.07) is 9.36. The SMILES string of the molecule is CC(C)(C)O[C@H]1CC[C@@]2(C)C(=CC[C@H]3[C@@H]4CC[C@H](c5ccc6cnccc6c5)[C@@]4(C)CC[C@@H]32)C1. The molecule has 7 atom stereocenters. The highest BCUT2D eigenvalue weighted by Crippen LogP contribution is 2.68. The minimum absolute atomic E-state index is 0.0407. The van der Waals surface area contributed by atoms with E-state index in [2.05, 4.69) is 69.9 Å². The van der Waals surface area contributed by atoms with Gasteiger partial charge in [0, 0.05) is 17.8 Å². The van der Waals surface area contributed by atoms with Crippen LogP contribution < -0.4 is 0 Å². The highest BCUT2D eigenvalue weighted by atomic mass is 16.5. The number of allylic oxidation sites excluding steroid dienone is 1. The van der Waals surface area contributed by atoms with E-state index in [0.29, 0.717) is 22.9 Å². The predicted molar refractivity (Wildman–Crippen MR) is 141 cm³/mol. The standard InChI is InChI=1S/C32H43NO/c1-30(2,3)34-25-12-15-31(4)24(19-25)8-9-26-28-11-10-27(32(28,5)16-13-29(26)31)22-6-7-23-20-33-17-14-21(23)18-22/h6-8,14,17-18,20,25-29H,9-13,15-16,19H2,1-5H3/t25-,26-,27+,28-,29-,31-,32+/m0/s1. The van der Waals surface area contributed by atoms with Crippen molar-refractivity contribution >= 4 is 10.8 Å². The average Bonchev–Trinajstić information content (AvgIpc) is 3.15. The predicted octanol–water partition coefficient (Wildman–Crippen LogP) is 8.46. The van der Waals surface area contributed by atoms with Crippen LogP contribution in [0.1, 0.15) is 97.5 Å². The van der Waals surface area contributed by atoms with Crippen molar-refractivity contribution < 1.29 is 4.74 Å². The Hall–Kier alpha value is -1.67. The Labute approximate surface area is 206 Å². The molecule has 0 radical (unpaired) electrons. The van der Waals surface area contributed by atoms with Gasteiger partial charge in [-0.2, -0.15) is 0 Å². The summed E-state index contributed by atoms with van der Waals surface area (Å²) in [7, 11) is 0. The number of fused-ring (bicyclic) bond motifs is 6. The zero-order valence-electron chi connectivity index (χ0n) is 21.9. The summed E-state index contributed by atoms with van der Waals surface area (Å²) in [6.07, 6.45) is 17.6. The number of nitrogens with zero attached hydrogens (tertiary/aromatic N) is 1. The Bertz CT molecular complexity index is 1110. The van der Waals surface area contributed by atoms with Gasteiger partial charge in [0.25, 0.3) is 0 Å². The monoisotopic (exact) mass is 457 g/mol. The second-order valence-corrected chi connectivity index (χ2v) is 13.5. The maximum atomic E-state index is 6.44. The van der Waals surface area contributed by atoms with Crippen molar-refractivity contribution in [3.63, 3.8) is 0 Å². The van der Waals surface area contributed by atoms with Crippen molar-refractivity contribution in [3.8, 4) is 0 Å². The van der Waals surface area contributed by atoms with Crippen molar-refractivity contribution in [1.82, 2.24) is 4.98 Å². The van der Waals surface area contributed by atoms with Gasteiger partial charge in [-0.1, -0.05) is 43.7 Å². The van der Waals surface area contributed by atoms with Gasteiger partial charge < -0.3 is 4.74 Å². The minimum atomic E-state index is -0.0407. The second-order valence-electron chi connectivity index (χ2n) is 13.5. The molecule has 4 aliphatic carbocycles. The molecule has 2 aromatic rings. The van der Waals surface area contributed by atoms with Crippen LogP contribution in [0.3, 0.4) is 0 Å². The van der Waals surface area contributed by atoms with Gasteiger partial charge in [0.1, 0.15) is 0 Å². The maximum Gasteiger partial charge on any atom is 0.0619 e. The van der Waals surface area contributed by atoms with Crippen LogP contribution in [0.15, 0.2) is 48.3 Å². The zero-order valence-corrected chi connectivity index (χ0v) is 21.9. The number of benzene rings is 1. The molecule has 6 rings (SSSR count). The van der Waals surface area contributed by atoms with Crippen LogP contribution in [0.5, 0.6) is 0 Å². The molecule has 1 aromatic heterocycles. The summed E-state index contributed by atoms with van der Waals surface area (Å²) in [4.78, 5) is 4.31. The third-order valence-electron chi connectivity index (χ3n) is 10.6. The first kappa shape index (κ1) is 22.8. The molecule has 3 fully saturated rings. The lowest BCUT2D eigenvalue weighted by molar-refractivity contribution is -0.0922. The summed E-state index contributed by atoms with van der Waals surface area (Å²) in [5, 5.41) is 2.61. The lowest BCUT2D eigenvalue weighted by Crippen LogP contribution is -2.50. The molecule has 0 amide bonds. The fourth-order valence-corrected chi connectivity index (χ4v) is 9.09. The van der Waals surface area contributed by atoms with Crippen LogP contribution in [-0.4, -0.2) is 16.7 Å². The molecule has 1 heterocycles. The number of hydrogen-bond donors (Lipinski definition) is 0. The first-order valence-electron chi connectivity index (χ1n) is 13.9. The number of ether oxygens (including phenoxy) is 1. The Morgan fingerprint density at radius 1 is 0.941 bits per heavy atom. The van der Waals surface area contributed by atoms with E-state index in [1.54, 1.807) is 11.1 Å². The second kappa shape index (κ2) is 7.92. The zero-order chi connectivity index (χ0) is 23.7. The molecular formula is C32H43NO. The Kier molecular flexibility index (Phi) is 5.30. The first-order chi connectivity index (χ1) is 16.2. The highest BCUT2D eigenvalue weighted by Gasteiger charge is 2.58. The molecule has 34 heavy (non-hydrogen) atoms. The molecular weight excluding hydrogens is 414 g/mol. The van der Waals surface area contributed by atoms with E-state index in [4.69, 9.17) is 4.74 Å². The van der Waals surface area contributed by atoms with Gasteiger partial charge in [0.05, 0.1) is 11.7 Å². The van der Waals surface area contributed by atoms with E-state index in [1.165, 1.54) is 55.7 Å². The van der Waals surface area contributed by atoms with Gasteiger partial charge in [-0.3, -0.25) is 4.98 Å². The molecule has 182 valence electrons. The average molecular weight is 458 g/mol. The molecule has 1 aromatic carbocycles. The van der Waals surface area contributed by atoms with E-state index in [0.717, 1.165) is 24.2 Å². The number of hydrogen-bond acceptors (Lipinski definition) is 2. The number of rotatable bonds is 2. The molecule has 0 unspecified atom stereocenters. The lowest BCUT2D eigenvalue weighted by atomic mass is 9.47. The quantitative estimate of drug-likeness (QED) is 0.422. The fourth-order valence-electron chi connectivity index (χ4n) is 9.09. The number of aromatic nitrogens is 1. The smallest absolute Gasteiger partial charge is 0.0619 e. The maximum absolute atomic E-state index is 6.44. The van der Waals surface area contributed by atoms with Gasteiger partial charge >= 0.3 is 0 Å². The van der Waals surface area contributed by atoms with Crippen molar-refractivity contribution in [3.05, 3.63) is 53.9 Å². The van der Waals surface area contributed by atoms with Crippen LogP contribution in [0, 0.1) is 28.6 Å². The summed E-state index contributed by atoms with van der Waals surface area (Å²) >= 11 is 0. The third kappa shape index (κ3) is 3.58. The largest absolute Gasteiger partial charge is 0.372 e. The van der Waals surface area contributed by atoms with E-state index in [-0.39, 0.29) is 5.60 Å².